The van der Waals surface area contributed by atoms with E-state index in [2.05, 4.69) is 5.32 Å². The standard InChI is InChI=1S/C14H22FN3O/c1-10-5-6-11(9-12(10)15)14(2,13(16)19)17-7-8-18(3)4/h5-6,9,17H,7-8H2,1-4H3,(H2,16,19). The molecule has 4 nitrogen and oxygen atoms in total. The minimum absolute atomic E-state index is 0.334. The minimum Gasteiger partial charge on any atom is -0.368 e. The first-order valence-corrected chi connectivity index (χ1v) is 6.23. The molecule has 0 aliphatic carbocycles. The summed E-state index contributed by atoms with van der Waals surface area (Å²) in [5.74, 6) is -0.853. The van der Waals surface area contributed by atoms with Gasteiger partial charge in [0.1, 0.15) is 11.4 Å². The Bertz CT molecular complexity index is 462. The number of hydrogen-bond acceptors (Lipinski definition) is 3. The molecule has 1 unspecified atom stereocenters. The average molecular weight is 267 g/mol. The Morgan fingerprint density at radius 2 is 2.11 bits per heavy atom. The number of aryl methyl sites for hydroxylation is 1. The average Bonchev–Trinajstić information content (AvgIpc) is 2.31. The first-order valence-electron chi connectivity index (χ1n) is 6.23. The first-order chi connectivity index (χ1) is 8.77. The molecule has 0 heterocycles. The quantitative estimate of drug-likeness (QED) is 0.808. The first kappa shape index (κ1) is 15.6. The van der Waals surface area contributed by atoms with Crippen LogP contribution < -0.4 is 11.1 Å². The summed E-state index contributed by atoms with van der Waals surface area (Å²) < 4.78 is 13.6. The highest BCUT2D eigenvalue weighted by Crippen LogP contribution is 2.22. The number of hydrogen-bond donors (Lipinski definition) is 2. The monoisotopic (exact) mass is 267 g/mol. The maximum absolute atomic E-state index is 13.6. The predicted molar refractivity (Wildman–Crippen MR) is 74.2 cm³/mol. The molecule has 1 aromatic carbocycles. The van der Waals surface area contributed by atoms with Crippen LogP contribution in [-0.2, 0) is 10.3 Å². The third-order valence-electron chi connectivity index (χ3n) is 3.28. The largest absolute Gasteiger partial charge is 0.368 e. The van der Waals surface area contributed by atoms with E-state index in [4.69, 9.17) is 5.73 Å². The number of amides is 1. The van der Waals surface area contributed by atoms with Crippen LogP contribution in [0.5, 0.6) is 0 Å². The highest BCUT2D eigenvalue weighted by atomic mass is 19.1. The summed E-state index contributed by atoms with van der Waals surface area (Å²) in [4.78, 5) is 13.7. The molecular weight excluding hydrogens is 245 g/mol. The molecule has 19 heavy (non-hydrogen) atoms. The number of nitrogens with two attached hydrogens (primary N) is 1. The highest BCUT2D eigenvalue weighted by Gasteiger charge is 2.32. The van der Waals surface area contributed by atoms with Crippen LogP contribution >= 0.6 is 0 Å². The van der Waals surface area contributed by atoms with Crippen LogP contribution in [0.15, 0.2) is 18.2 Å². The molecule has 5 heteroatoms. The third-order valence-corrected chi connectivity index (χ3v) is 3.28. The lowest BCUT2D eigenvalue weighted by Crippen LogP contribution is -2.52. The molecule has 0 aliphatic rings. The second-order valence-corrected chi connectivity index (χ2v) is 5.18. The van der Waals surface area contributed by atoms with E-state index < -0.39 is 11.4 Å². The van der Waals surface area contributed by atoms with Gasteiger partial charge in [0.2, 0.25) is 5.91 Å². The van der Waals surface area contributed by atoms with Crippen molar-refractivity contribution in [2.24, 2.45) is 5.73 Å². The number of primary amides is 1. The van der Waals surface area contributed by atoms with E-state index in [-0.39, 0.29) is 5.82 Å². The van der Waals surface area contributed by atoms with Crippen molar-refractivity contribution in [3.63, 3.8) is 0 Å². The van der Waals surface area contributed by atoms with Gasteiger partial charge in [-0.2, -0.15) is 0 Å². The van der Waals surface area contributed by atoms with Gasteiger partial charge in [0.15, 0.2) is 0 Å². The molecule has 0 spiro atoms. The fourth-order valence-corrected chi connectivity index (χ4v) is 1.76. The number of carbonyl (C=O) groups excluding carboxylic acids is 1. The summed E-state index contributed by atoms with van der Waals surface area (Å²) in [6.45, 7) is 4.70. The van der Waals surface area contributed by atoms with Gasteiger partial charge in [0.25, 0.3) is 0 Å². The molecule has 0 aliphatic heterocycles. The fourth-order valence-electron chi connectivity index (χ4n) is 1.76. The van der Waals surface area contributed by atoms with Gasteiger partial charge >= 0.3 is 0 Å². The molecule has 106 valence electrons. The zero-order valence-electron chi connectivity index (χ0n) is 12.0. The second kappa shape index (κ2) is 6.12. The molecule has 0 fully saturated rings. The maximum atomic E-state index is 13.6. The van der Waals surface area contributed by atoms with Crippen LogP contribution in [0.3, 0.4) is 0 Å². The van der Waals surface area contributed by atoms with E-state index in [1.54, 1.807) is 26.0 Å². The van der Waals surface area contributed by atoms with Gasteiger partial charge in [-0.1, -0.05) is 12.1 Å². The molecule has 3 N–H and O–H groups in total. The normalized spacial score (nSPS) is 14.4. The van der Waals surface area contributed by atoms with Crippen molar-refractivity contribution in [1.29, 1.82) is 0 Å². The van der Waals surface area contributed by atoms with Crippen molar-refractivity contribution in [3.8, 4) is 0 Å². The van der Waals surface area contributed by atoms with Gasteiger partial charge in [-0.15, -0.1) is 0 Å². The van der Waals surface area contributed by atoms with Crippen LogP contribution in [0.2, 0.25) is 0 Å². The van der Waals surface area contributed by atoms with Crippen LogP contribution in [0, 0.1) is 12.7 Å². The molecule has 0 aromatic heterocycles. The Kier molecular flexibility index (Phi) is 5.03. The van der Waals surface area contributed by atoms with E-state index in [1.165, 1.54) is 6.07 Å². The van der Waals surface area contributed by atoms with E-state index in [1.807, 2.05) is 19.0 Å². The topological polar surface area (TPSA) is 58.4 Å². The van der Waals surface area contributed by atoms with Crippen LogP contribution in [0.1, 0.15) is 18.1 Å². The van der Waals surface area contributed by atoms with Crippen molar-refractivity contribution in [2.75, 3.05) is 27.2 Å². The van der Waals surface area contributed by atoms with Crippen molar-refractivity contribution < 1.29 is 9.18 Å². The Balaban J connectivity index is 2.97. The lowest BCUT2D eigenvalue weighted by atomic mass is 9.90. The Labute approximate surface area is 113 Å². The number of nitrogens with zero attached hydrogens (tertiary/aromatic N) is 1. The van der Waals surface area contributed by atoms with Crippen molar-refractivity contribution in [2.45, 2.75) is 19.4 Å². The van der Waals surface area contributed by atoms with Gasteiger partial charge in [0, 0.05) is 13.1 Å². The molecule has 1 atom stereocenters. The smallest absolute Gasteiger partial charge is 0.242 e. The molecule has 0 bridgehead atoms. The number of rotatable bonds is 6. The molecule has 1 rings (SSSR count). The summed E-state index contributed by atoms with van der Waals surface area (Å²) in [6.07, 6.45) is 0. The zero-order chi connectivity index (χ0) is 14.6. The number of halogens is 1. The number of likely N-dealkylation sites (N-methyl/N-ethyl adjacent to an activating group) is 1. The van der Waals surface area contributed by atoms with E-state index in [9.17, 15) is 9.18 Å². The molecule has 0 saturated carbocycles. The summed E-state index contributed by atoms with van der Waals surface area (Å²) in [5.41, 5.74) is 5.49. The fraction of sp³-hybridized carbons (Fsp3) is 0.500. The number of nitrogens with one attached hydrogen (secondary N) is 1. The Hall–Kier alpha value is -1.46. The third kappa shape index (κ3) is 3.75. The second-order valence-electron chi connectivity index (χ2n) is 5.18. The van der Waals surface area contributed by atoms with Crippen molar-refractivity contribution >= 4 is 5.91 Å². The zero-order valence-corrected chi connectivity index (χ0v) is 12.0. The van der Waals surface area contributed by atoms with Gasteiger partial charge in [0.05, 0.1) is 0 Å². The summed E-state index contributed by atoms with van der Waals surface area (Å²) >= 11 is 0. The molecule has 0 saturated heterocycles. The van der Waals surface area contributed by atoms with Crippen LogP contribution in [-0.4, -0.2) is 38.0 Å². The molecular formula is C14H22FN3O. The minimum atomic E-state index is -1.06. The van der Waals surface area contributed by atoms with Gasteiger partial charge < -0.3 is 10.6 Å². The van der Waals surface area contributed by atoms with Gasteiger partial charge in [-0.25, -0.2) is 4.39 Å². The van der Waals surface area contributed by atoms with Gasteiger partial charge in [-0.3, -0.25) is 10.1 Å². The summed E-state index contributed by atoms with van der Waals surface area (Å²) in [6, 6.07) is 4.74. The maximum Gasteiger partial charge on any atom is 0.242 e. The summed E-state index contributed by atoms with van der Waals surface area (Å²) in [7, 11) is 3.88. The van der Waals surface area contributed by atoms with Gasteiger partial charge in [-0.05, 0) is 45.1 Å². The van der Waals surface area contributed by atoms with Crippen molar-refractivity contribution in [3.05, 3.63) is 35.1 Å². The molecule has 1 amide bonds. The number of benzene rings is 1. The molecule has 0 radical (unpaired) electrons. The van der Waals surface area contributed by atoms with Crippen LogP contribution in [0.4, 0.5) is 4.39 Å². The number of carbonyl (C=O) groups is 1. The van der Waals surface area contributed by atoms with E-state index in [0.717, 1.165) is 6.54 Å². The lowest BCUT2D eigenvalue weighted by molar-refractivity contribution is -0.124. The predicted octanol–water partition coefficient (Wildman–Crippen LogP) is 0.986. The lowest BCUT2D eigenvalue weighted by Gasteiger charge is -2.29. The SMILES string of the molecule is Cc1ccc(C(C)(NCCN(C)C)C(N)=O)cc1F. The Morgan fingerprint density at radius 3 is 2.58 bits per heavy atom. The summed E-state index contributed by atoms with van der Waals surface area (Å²) in [5, 5.41) is 3.11. The van der Waals surface area contributed by atoms with Crippen molar-refractivity contribution in [1.82, 2.24) is 10.2 Å². The highest BCUT2D eigenvalue weighted by molar-refractivity contribution is 5.85. The van der Waals surface area contributed by atoms with E-state index >= 15 is 0 Å². The van der Waals surface area contributed by atoms with Crippen LogP contribution in [0.25, 0.3) is 0 Å². The Morgan fingerprint density at radius 1 is 1.47 bits per heavy atom. The van der Waals surface area contributed by atoms with E-state index in [0.29, 0.717) is 17.7 Å². The molecule has 1 aromatic rings.